The van der Waals surface area contributed by atoms with E-state index in [1.54, 1.807) is 17.1 Å². The number of rotatable bonds is 7. The molecule has 2 aromatic heterocycles. The van der Waals surface area contributed by atoms with E-state index >= 15 is 0 Å². The molecule has 0 saturated carbocycles. The summed E-state index contributed by atoms with van der Waals surface area (Å²) in [7, 11) is 0. The zero-order valence-electron chi connectivity index (χ0n) is 21.9. The van der Waals surface area contributed by atoms with Gasteiger partial charge in [-0.1, -0.05) is 6.08 Å². The third-order valence-electron chi connectivity index (χ3n) is 7.23. The maximum Gasteiger partial charge on any atom is 0.259 e. The molecule has 1 saturated heterocycles. The first-order valence-corrected chi connectivity index (χ1v) is 13.1. The number of benzene rings is 1. The minimum atomic E-state index is -0.200. The molecular formula is C29H35N5O3. The van der Waals surface area contributed by atoms with E-state index in [0.29, 0.717) is 23.9 Å². The van der Waals surface area contributed by atoms with Gasteiger partial charge in [-0.25, -0.2) is 4.68 Å². The Morgan fingerprint density at radius 3 is 2.62 bits per heavy atom. The van der Waals surface area contributed by atoms with E-state index in [2.05, 4.69) is 28.3 Å². The second kappa shape index (κ2) is 11.3. The standard InChI is InChI=1S/C29H35N5O3/c1-4-37-26-11-9-25(10-12-26)34-21(3)27(19-31-34)29(35)32-23-17-20(2)28(30-18-23)22-5-7-24(8-6-22)33-13-15-36-16-14-33/h5,9-12,17-19,24H,4,6-8,13-16H2,1-3H3,(H,32,35). The topological polar surface area (TPSA) is 81.5 Å². The van der Waals surface area contributed by atoms with E-state index in [1.807, 2.05) is 44.2 Å². The zero-order valence-corrected chi connectivity index (χ0v) is 21.9. The van der Waals surface area contributed by atoms with Crippen LogP contribution in [0.4, 0.5) is 5.69 Å². The number of hydrogen-bond donors (Lipinski definition) is 1. The molecule has 3 aromatic rings. The van der Waals surface area contributed by atoms with Crippen LogP contribution in [0.3, 0.4) is 0 Å². The first-order chi connectivity index (χ1) is 18.0. The maximum absolute atomic E-state index is 13.1. The van der Waals surface area contributed by atoms with Gasteiger partial charge in [0.2, 0.25) is 0 Å². The molecule has 3 heterocycles. The largest absolute Gasteiger partial charge is 0.494 e. The highest BCUT2D eigenvalue weighted by atomic mass is 16.5. The van der Waals surface area contributed by atoms with Crippen LogP contribution in [0.15, 0.2) is 48.8 Å². The Kier molecular flexibility index (Phi) is 7.67. The van der Waals surface area contributed by atoms with Crippen LogP contribution in [0.5, 0.6) is 5.75 Å². The van der Waals surface area contributed by atoms with E-state index in [0.717, 1.165) is 74.0 Å². The first-order valence-electron chi connectivity index (χ1n) is 13.1. The molecule has 2 aliphatic rings. The Bertz CT molecular complexity index is 1280. The second-order valence-electron chi connectivity index (χ2n) is 9.63. The number of carbonyl (C=O) groups excluding carboxylic acids is 1. The molecule has 194 valence electrons. The number of nitrogens with zero attached hydrogens (tertiary/aromatic N) is 4. The number of morpholine rings is 1. The molecule has 1 atom stereocenters. The summed E-state index contributed by atoms with van der Waals surface area (Å²) in [6, 6.07) is 10.3. The number of pyridine rings is 1. The number of anilines is 1. The molecule has 1 N–H and O–H groups in total. The van der Waals surface area contributed by atoms with Crippen molar-refractivity contribution in [2.24, 2.45) is 0 Å². The van der Waals surface area contributed by atoms with Crippen LogP contribution < -0.4 is 10.1 Å². The third kappa shape index (κ3) is 5.60. The summed E-state index contributed by atoms with van der Waals surface area (Å²) in [4.78, 5) is 20.4. The van der Waals surface area contributed by atoms with Crippen molar-refractivity contribution in [2.75, 3.05) is 38.2 Å². The Morgan fingerprint density at radius 1 is 1.16 bits per heavy atom. The van der Waals surface area contributed by atoms with Crippen LogP contribution in [-0.2, 0) is 4.74 Å². The van der Waals surface area contributed by atoms with Crippen LogP contribution in [-0.4, -0.2) is 64.5 Å². The molecule has 8 nitrogen and oxygen atoms in total. The predicted molar refractivity (Wildman–Crippen MR) is 144 cm³/mol. The molecule has 5 rings (SSSR count). The molecule has 8 heteroatoms. The lowest BCUT2D eigenvalue weighted by molar-refractivity contribution is 0.0150. The molecule has 0 spiro atoms. The van der Waals surface area contributed by atoms with E-state index in [9.17, 15) is 4.79 Å². The quantitative estimate of drug-likeness (QED) is 0.501. The fourth-order valence-electron chi connectivity index (χ4n) is 5.23. The van der Waals surface area contributed by atoms with Gasteiger partial charge in [-0.15, -0.1) is 0 Å². The molecule has 1 aromatic carbocycles. The molecule has 37 heavy (non-hydrogen) atoms. The van der Waals surface area contributed by atoms with Gasteiger partial charge < -0.3 is 14.8 Å². The average Bonchev–Trinajstić information content (AvgIpc) is 3.31. The van der Waals surface area contributed by atoms with E-state index in [4.69, 9.17) is 14.5 Å². The Labute approximate surface area is 218 Å². The lowest BCUT2D eigenvalue weighted by Gasteiger charge is -2.36. The van der Waals surface area contributed by atoms with Gasteiger partial charge in [0.1, 0.15) is 5.75 Å². The summed E-state index contributed by atoms with van der Waals surface area (Å²) >= 11 is 0. The number of allylic oxidation sites excluding steroid dienone is 1. The van der Waals surface area contributed by atoms with Crippen molar-refractivity contribution >= 4 is 17.2 Å². The highest BCUT2D eigenvalue weighted by Crippen LogP contribution is 2.31. The van der Waals surface area contributed by atoms with Crippen molar-refractivity contribution < 1.29 is 14.3 Å². The summed E-state index contributed by atoms with van der Waals surface area (Å²) in [6.07, 6.45) is 8.91. The summed E-state index contributed by atoms with van der Waals surface area (Å²) in [5.74, 6) is 0.607. The van der Waals surface area contributed by atoms with E-state index < -0.39 is 0 Å². The highest BCUT2D eigenvalue weighted by Gasteiger charge is 2.24. The number of aryl methyl sites for hydroxylation is 1. The Hall–Kier alpha value is -3.49. The predicted octanol–water partition coefficient (Wildman–Crippen LogP) is 4.80. The molecule has 1 aliphatic heterocycles. The molecule has 1 aliphatic carbocycles. The molecule has 1 amide bonds. The summed E-state index contributed by atoms with van der Waals surface area (Å²) in [5.41, 5.74) is 6.24. The molecule has 0 bridgehead atoms. The van der Waals surface area contributed by atoms with Crippen molar-refractivity contribution in [3.8, 4) is 11.4 Å². The number of carbonyl (C=O) groups is 1. The van der Waals surface area contributed by atoms with Gasteiger partial charge in [0.15, 0.2) is 0 Å². The number of ether oxygens (including phenoxy) is 2. The number of amides is 1. The van der Waals surface area contributed by atoms with Crippen molar-refractivity contribution in [3.63, 3.8) is 0 Å². The van der Waals surface area contributed by atoms with Gasteiger partial charge in [0.25, 0.3) is 5.91 Å². The third-order valence-corrected chi connectivity index (χ3v) is 7.23. The van der Waals surface area contributed by atoms with Crippen molar-refractivity contribution in [1.29, 1.82) is 0 Å². The van der Waals surface area contributed by atoms with Gasteiger partial charge in [0.05, 0.1) is 60.5 Å². The first kappa shape index (κ1) is 25.2. The Morgan fingerprint density at radius 2 is 1.95 bits per heavy atom. The lowest BCUT2D eigenvalue weighted by atomic mass is 9.90. The maximum atomic E-state index is 13.1. The average molecular weight is 502 g/mol. The van der Waals surface area contributed by atoms with Crippen molar-refractivity contribution in [2.45, 2.75) is 46.1 Å². The lowest BCUT2D eigenvalue weighted by Crippen LogP contribution is -2.43. The minimum absolute atomic E-state index is 0.200. The zero-order chi connectivity index (χ0) is 25.8. The van der Waals surface area contributed by atoms with Gasteiger partial charge in [0, 0.05) is 19.1 Å². The SMILES string of the molecule is CCOc1ccc(-n2ncc(C(=O)Nc3cnc(C4=CCC(N5CCOCC5)CC4)c(C)c3)c2C)cc1. The Balaban J connectivity index is 1.24. The fourth-order valence-corrected chi connectivity index (χ4v) is 5.23. The van der Waals surface area contributed by atoms with Crippen molar-refractivity contribution in [3.05, 3.63) is 71.3 Å². The molecular weight excluding hydrogens is 466 g/mol. The molecule has 1 unspecified atom stereocenters. The van der Waals surface area contributed by atoms with Crippen molar-refractivity contribution in [1.82, 2.24) is 19.7 Å². The van der Waals surface area contributed by atoms with Gasteiger partial charge >= 0.3 is 0 Å². The molecule has 0 radical (unpaired) electrons. The van der Waals surface area contributed by atoms with Crippen LogP contribution in [0.1, 0.15) is 53.5 Å². The number of hydrogen-bond acceptors (Lipinski definition) is 6. The van der Waals surface area contributed by atoms with Crippen LogP contribution in [0.25, 0.3) is 11.3 Å². The smallest absolute Gasteiger partial charge is 0.259 e. The van der Waals surface area contributed by atoms with Crippen LogP contribution in [0, 0.1) is 13.8 Å². The fraction of sp³-hybridized carbons (Fsp3) is 0.414. The minimum Gasteiger partial charge on any atom is -0.494 e. The number of nitrogens with one attached hydrogen (secondary N) is 1. The van der Waals surface area contributed by atoms with Crippen LogP contribution in [0.2, 0.25) is 0 Å². The van der Waals surface area contributed by atoms with E-state index in [-0.39, 0.29) is 5.91 Å². The van der Waals surface area contributed by atoms with Crippen LogP contribution >= 0.6 is 0 Å². The second-order valence-corrected chi connectivity index (χ2v) is 9.63. The highest BCUT2D eigenvalue weighted by molar-refractivity contribution is 6.05. The molecule has 1 fully saturated rings. The number of aromatic nitrogens is 3. The summed E-state index contributed by atoms with van der Waals surface area (Å²) in [6.45, 7) is 10.2. The summed E-state index contributed by atoms with van der Waals surface area (Å²) < 4.78 is 12.8. The van der Waals surface area contributed by atoms with E-state index in [1.165, 1.54) is 5.57 Å². The van der Waals surface area contributed by atoms with Gasteiger partial charge in [-0.05, 0) is 81.5 Å². The summed E-state index contributed by atoms with van der Waals surface area (Å²) in [5, 5.41) is 7.44. The van der Waals surface area contributed by atoms with Gasteiger partial charge in [-0.2, -0.15) is 5.10 Å². The van der Waals surface area contributed by atoms with Gasteiger partial charge in [-0.3, -0.25) is 14.7 Å². The monoisotopic (exact) mass is 501 g/mol. The normalized spacial score (nSPS) is 18.4.